The number of carbonyl (C=O) groups is 1. The van der Waals surface area contributed by atoms with E-state index < -0.39 is 5.97 Å². The number of benzene rings is 1. The minimum atomic E-state index is -0.743. The molecular formula is C15H23NO3. The van der Waals surface area contributed by atoms with Gasteiger partial charge in [0.1, 0.15) is 5.75 Å². The summed E-state index contributed by atoms with van der Waals surface area (Å²) in [6.45, 7) is 6.96. The molecule has 1 atom stereocenters. The summed E-state index contributed by atoms with van der Waals surface area (Å²) >= 11 is 0. The van der Waals surface area contributed by atoms with E-state index in [2.05, 4.69) is 0 Å². The number of ether oxygens (including phenoxy) is 1. The first-order valence-electron chi connectivity index (χ1n) is 6.62. The second-order valence-electron chi connectivity index (χ2n) is 5.00. The summed E-state index contributed by atoms with van der Waals surface area (Å²) in [6.07, 6.45) is 0. The van der Waals surface area contributed by atoms with Crippen LogP contribution in [0.3, 0.4) is 0 Å². The molecule has 19 heavy (non-hydrogen) atoms. The largest absolute Gasteiger partial charge is 0.494 e. The van der Waals surface area contributed by atoms with Crippen LogP contribution in [-0.4, -0.2) is 31.3 Å². The van der Waals surface area contributed by atoms with E-state index in [9.17, 15) is 9.90 Å². The number of anilines is 1. The first-order chi connectivity index (χ1) is 8.95. The Morgan fingerprint density at radius 2 is 1.89 bits per heavy atom. The van der Waals surface area contributed by atoms with Crippen molar-refractivity contribution in [3.05, 3.63) is 24.3 Å². The fraction of sp³-hybridized carbons (Fsp3) is 0.533. The third-order valence-electron chi connectivity index (χ3n) is 3.18. The molecular weight excluding hydrogens is 242 g/mol. The van der Waals surface area contributed by atoms with E-state index in [0.717, 1.165) is 11.4 Å². The third kappa shape index (κ3) is 4.47. The zero-order valence-electron chi connectivity index (χ0n) is 12.1. The lowest BCUT2D eigenvalue weighted by molar-refractivity contribution is -0.142. The molecule has 1 N–H and O–H groups in total. The molecule has 4 heteroatoms. The van der Waals surface area contributed by atoms with Crippen LogP contribution in [0.2, 0.25) is 0 Å². The summed E-state index contributed by atoms with van der Waals surface area (Å²) in [6, 6.07) is 7.70. The predicted octanol–water partition coefficient (Wildman–Crippen LogP) is 2.88. The van der Waals surface area contributed by atoms with Crippen LogP contribution in [0.4, 0.5) is 5.69 Å². The molecule has 106 valence electrons. The van der Waals surface area contributed by atoms with Gasteiger partial charge in [0.15, 0.2) is 0 Å². The Bertz CT molecular complexity index is 400. The molecule has 0 heterocycles. The number of carboxylic acids is 1. The molecule has 0 amide bonds. The highest BCUT2D eigenvalue weighted by Gasteiger charge is 2.23. The van der Waals surface area contributed by atoms with Crippen LogP contribution in [0.1, 0.15) is 20.8 Å². The summed E-state index contributed by atoms with van der Waals surface area (Å²) < 4.78 is 5.39. The highest BCUT2D eigenvalue weighted by molar-refractivity contribution is 5.71. The van der Waals surface area contributed by atoms with E-state index in [1.54, 1.807) is 0 Å². The van der Waals surface area contributed by atoms with Gasteiger partial charge in [-0.3, -0.25) is 4.79 Å². The molecule has 0 spiro atoms. The summed E-state index contributed by atoms with van der Waals surface area (Å²) in [5.41, 5.74) is 0.996. The standard InChI is InChI=1S/C15H23NO3/c1-5-19-13-8-6-12(7-9-13)16(4)10-14(11(2)3)15(17)18/h6-9,11,14H,5,10H2,1-4H3,(H,17,18). The van der Waals surface area contributed by atoms with Crippen LogP contribution in [0.5, 0.6) is 5.75 Å². The molecule has 0 bridgehead atoms. The molecule has 0 saturated carbocycles. The van der Waals surface area contributed by atoms with Crippen LogP contribution in [0.15, 0.2) is 24.3 Å². The van der Waals surface area contributed by atoms with Crippen LogP contribution in [0.25, 0.3) is 0 Å². The normalized spacial score (nSPS) is 12.3. The Balaban J connectivity index is 2.71. The van der Waals surface area contributed by atoms with Crippen molar-refractivity contribution in [3.8, 4) is 5.75 Å². The van der Waals surface area contributed by atoms with Crippen molar-refractivity contribution in [3.63, 3.8) is 0 Å². The van der Waals surface area contributed by atoms with Crippen molar-refractivity contribution in [1.29, 1.82) is 0 Å². The average Bonchev–Trinajstić information content (AvgIpc) is 2.36. The summed E-state index contributed by atoms with van der Waals surface area (Å²) in [7, 11) is 1.91. The van der Waals surface area contributed by atoms with Gasteiger partial charge in [-0.2, -0.15) is 0 Å². The Labute approximate surface area is 115 Å². The van der Waals surface area contributed by atoms with Gasteiger partial charge in [0.2, 0.25) is 0 Å². The molecule has 0 aliphatic heterocycles. The van der Waals surface area contributed by atoms with E-state index in [4.69, 9.17) is 4.74 Å². The average molecular weight is 265 g/mol. The Hall–Kier alpha value is -1.71. The van der Waals surface area contributed by atoms with E-state index in [0.29, 0.717) is 13.2 Å². The molecule has 0 aliphatic carbocycles. The number of aliphatic carboxylic acids is 1. The highest BCUT2D eigenvalue weighted by atomic mass is 16.5. The van der Waals surface area contributed by atoms with Crippen molar-refractivity contribution in [2.45, 2.75) is 20.8 Å². The fourth-order valence-corrected chi connectivity index (χ4v) is 1.94. The van der Waals surface area contributed by atoms with E-state index >= 15 is 0 Å². The van der Waals surface area contributed by atoms with Gasteiger partial charge >= 0.3 is 5.97 Å². The molecule has 0 fully saturated rings. The summed E-state index contributed by atoms with van der Waals surface area (Å²) in [5, 5.41) is 9.21. The number of hydrogen-bond acceptors (Lipinski definition) is 3. The van der Waals surface area contributed by atoms with Crippen molar-refractivity contribution in [1.82, 2.24) is 0 Å². The van der Waals surface area contributed by atoms with Gasteiger partial charge in [-0.15, -0.1) is 0 Å². The number of nitrogens with zero attached hydrogens (tertiary/aromatic N) is 1. The van der Waals surface area contributed by atoms with Gasteiger partial charge in [-0.1, -0.05) is 13.8 Å². The lowest BCUT2D eigenvalue weighted by atomic mass is 9.95. The Morgan fingerprint density at radius 1 is 1.32 bits per heavy atom. The second-order valence-corrected chi connectivity index (χ2v) is 5.00. The predicted molar refractivity (Wildman–Crippen MR) is 76.8 cm³/mol. The molecule has 1 aromatic carbocycles. The maximum absolute atomic E-state index is 11.2. The Morgan fingerprint density at radius 3 is 2.32 bits per heavy atom. The van der Waals surface area contributed by atoms with Crippen molar-refractivity contribution < 1.29 is 14.6 Å². The zero-order valence-corrected chi connectivity index (χ0v) is 12.1. The van der Waals surface area contributed by atoms with Crippen LogP contribution >= 0.6 is 0 Å². The van der Waals surface area contributed by atoms with Gasteiger partial charge in [0.25, 0.3) is 0 Å². The monoisotopic (exact) mass is 265 g/mol. The molecule has 0 aliphatic rings. The van der Waals surface area contributed by atoms with Crippen LogP contribution in [0, 0.1) is 11.8 Å². The van der Waals surface area contributed by atoms with Crippen molar-refractivity contribution in [2.75, 3.05) is 25.1 Å². The maximum Gasteiger partial charge on any atom is 0.308 e. The number of carboxylic acid groups (broad SMARTS) is 1. The quantitative estimate of drug-likeness (QED) is 0.823. The van der Waals surface area contributed by atoms with Gasteiger partial charge in [0.05, 0.1) is 12.5 Å². The fourth-order valence-electron chi connectivity index (χ4n) is 1.94. The third-order valence-corrected chi connectivity index (χ3v) is 3.18. The first kappa shape index (κ1) is 15.3. The minimum absolute atomic E-state index is 0.114. The van der Waals surface area contributed by atoms with Crippen molar-refractivity contribution >= 4 is 11.7 Å². The Kier molecular flexibility index (Phi) is 5.67. The molecule has 0 aromatic heterocycles. The smallest absolute Gasteiger partial charge is 0.308 e. The number of rotatable bonds is 7. The molecule has 0 radical (unpaired) electrons. The molecule has 0 saturated heterocycles. The van der Waals surface area contributed by atoms with Crippen molar-refractivity contribution in [2.24, 2.45) is 11.8 Å². The lowest BCUT2D eigenvalue weighted by Gasteiger charge is -2.25. The summed E-state index contributed by atoms with van der Waals surface area (Å²) in [4.78, 5) is 13.2. The topological polar surface area (TPSA) is 49.8 Å². The molecule has 1 rings (SSSR count). The van der Waals surface area contributed by atoms with Gasteiger partial charge in [0, 0.05) is 19.3 Å². The van der Waals surface area contributed by atoms with Gasteiger partial charge in [-0.25, -0.2) is 0 Å². The van der Waals surface area contributed by atoms with Gasteiger partial charge in [-0.05, 0) is 37.1 Å². The highest BCUT2D eigenvalue weighted by Crippen LogP contribution is 2.21. The molecule has 4 nitrogen and oxygen atoms in total. The maximum atomic E-state index is 11.2. The van der Waals surface area contributed by atoms with E-state index in [1.165, 1.54) is 0 Å². The molecule has 1 unspecified atom stereocenters. The summed E-state index contributed by atoms with van der Waals surface area (Å²) in [5.74, 6) is -0.162. The lowest BCUT2D eigenvalue weighted by Crippen LogP contribution is -2.33. The van der Waals surface area contributed by atoms with Gasteiger partial charge < -0.3 is 14.7 Å². The second kappa shape index (κ2) is 7.02. The van der Waals surface area contributed by atoms with E-state index in [1.807, 2.05) is 57.0 Å². The van der Waals surface area contributed by atoms with Crippen LogP contribution in [-0.2, 0) is 4.79 Å². The zero-order chi connectivity index (χ0) is 14.4. The number of hydrogen-bond donors (Lipinski definition) is 1. The SMILES string of the molecule is CCOc1ccc(N(C)CC(C(=O)O)C(C)C)cc1. The van der Waals surface area contributed by atoms with E-state index in [-0.39, 0.29) is 11.8 Å². The molecule has 1 aromatic rings. The van der Waals surface area contributed by atoms with Crippen LogP contribution < -0.4 is 9.64 Å². The minimum Gasteiger partial charge on any atom is -0.494 e. The first-order valence-corrected chi connectivity index (χ1v) is 6.62.